The molecule has 0 saturated heterocycles. The van der Waals surface area contributed by atoms with E-state index in [4.69, 9.17) is 17.3 Å². The third-order valence-electron chi connectivity index (χ3n) is 2.81. The standard InChI is InChI=1S/C15H16ClNS/c1-2-14(17)11-7-9-12(10-8-11)18-15-6-4-3-5-13(15)16/h3-10,14H,2,17H2,1H3/t14-/m0/s1. The average Bonchev–Trinajstić information content (AvgIpc) is 2.41. The van der Waals surface area contributed by atoms with Crippen LogP contribution in [0.15, 0.2) is 58.3 Å². The summed E-state index contributed by atoms with van der Waals surface area (Å²) < 4.78 is 0. The lowest BCUT2D eigenvalue weighted by Gasteiger charge is -2.10. The highest BCUT2D eigenvalue weighted by Crippen LogP contribution is 2.33. The van der Waals surface area contributed by atoms with Gasteiger partial charge in [-0.05, 0) is 36.2 Å². The van der Waals surface area contributed by atoms with Crippen molar-refractivity contribution in [2.24, 2.45) is 5.73 Å². The quantitative estimate of drug-likeness (QED) is 0.860. The molecule has 0 fully saturated rings. The lowest BCUT2D eigenvalue weighted by atomic mass is 10.1. The lowest BCUT2D eigenvalue weighted by molar-refractivity contribution is 0.698. The summed E-state index contributed by atoms with van der Waals surface area (Å²) in [6, 6.07) is 16.4. The van der Waals surface area contributed by atoms with Crippen molar-refractivity contribution < 1.29 is 0 Å². The number of rotatable bonds is 4. The van der Waals surface area contributed by atoms with Crippen LogP contribution >= 0.6 is 23.4 Å². The van der Waals surface area contributed by atoms with E-state index < -0.39 is 0 Å². The first-order valence-corrected chi connectivity index (χ1v) is 7.18. The molecule has 2 N–H and O–H groups in total. The first-order valence-electron chi connectivity index (χ1n) is 5.98. The molecule has 0 aliphatic carbocycles. The maximum Gasteiger partial charge on any atom is 0.0545 e. The minimum atomic E-state index is 0.129. The SMILES string of the molecule is CC[C@H](N)c1ccc(Sc2ccccc2Cl)cc1. The minimum Gasteiger partial charge on any atom is -0.324 e. The topological polar surface area (TPSA) is 26.0 Å². The van der Waals surface area contributed by atoms with E-state index in [0.29, 0.717) is 0 Å². The van der Waals surface area contributed by atoms with Crippen LogP contribution in [0.2, 0.25) is 5.02 Å². The molecule has 94 valence electrons. The molecule has 1 nitrogen and oxygen atoms in total. The molecule has 0 saturated carbocycles. The summed E-state index contributed by atoms with van der Waals surface area (Å²) in [7, 11) is 0. The van der Waals surface area contributed by atoms with E-state index in [9.17, 15) is 0 Å². The van der Waals surface area contributed by atoms with E-state index in [-0.39, 0.29) is 6.04 Å². The zero-order valence-corrected chi connectivity index (χ0v) is 11.8. The molecule has 0 unspecified atom stereocenters. The van der Waals surface area contributed by atoms with Gasteiger partial charge in [-0.15, -0.1) is 0 Å². The van der Waals surface area contributed by atoms with Crippen LogP contribution in [0.25, 0.3) is 0 Å². The summed E-state index contributed by atoms with van der Waals surface area (Å²) >= 11 is 7.81. The molecule has 2 rings (SSSR count). The predicted octanol–water partition coefficient (Wildman–Crippen LogP) is 4.90. The molecule has 0 bridgehead atoms. The van der Waals surface area contributed by atoms with Gasteiger partial charge in [0.05, 0.1) is 5.02 Å². The Balaban J connectivity index is 2.14. The zero-order chi connectivity index (χ0) is 13.0. The van der Waals surface area contributed by atoms with Gasteiger partial charge in [-0.1, -0.05) is 54.6 Å². The molecule has 2 aromatic carbocycles. The van der Waals surface area contributed by atoms with E-state index in [0.717, 1.165) is 16.3 Å². The van der Waals surface area contributed by atoms with Crippen molar-refractivity contribution in [3.05, 3.63) is 59.1 Å². The fraction of sp³-hybridized carbons (Fsp3) is 0.200. The molecular weight excluding hydrogens is 262 g/mol. The van der Waals surface area contributed by atoms with Gasteiger partial charge in [0, 0.05) is 15.8 Å². The predicted molar refractivity (Wildman–Crippen MR) is 79.2 cm³/mol. The molecule has 3 heteroatoms. The summed E-state index contributed by atoms with van der Waals surface area (Å²) in [5.41, 5.74) is 7.17. The highest BCUT2D eigenvalue weighted by atomic mass is 35.5. The molecule has 0 aromatic heterocycles. The van der Waals surface area contributed by atoms with Crippen LogP contribution in [-0.4, -0.2) is 0 Å². The number of hydrogen-bond acceptors (Lipinski definition) is 2. The lowest BCUT2D eigenvalue weighted by Crippen LogP contribution is -2.07. The monoisotopic (exact) mass is 277 g/mol. The molecule has 0 radical (unpaired) electrons. The summed E-state index contributed by atoms with van der Waals surface area (Å²) in [5.74, 6) is 0. The van der Waals surface area contributed by atoms with Crippen LogP contribution in [0.4, 0.5) is 0 Å². The van der Waals surface area contributed by atoms with Crippen molar-refractivity contribution in [2.45, 2.75) is 29.2 Å². The van der Waals surface area contributed by atoms with Crippen molar-refractivity contribution in [3.8, 4) is 0 Å². The Morgan fingerprint density at radius 1 is 1.11 bits per heavy atom. The first kappa shape index (κ1) is 13.5. The fourth-order valence-electron chi connectivity index (χ4n) is 1.67. The molecule has 0 heterocycles. The maximum absolute atomic E-state index is 6.14. The third kappa shape index (κ3) is 3.29. The van der Waals surface area contributed by atoms with Crippen molar-refractivity contribution in [1.29, 1.82) is 0 Å². The average molecular weight is 278 g/mol. The van der Waals surface area contributed by atoms with Gasteiger partial charge in [0.15, 0.2) is 0 Å². The molecule has 0 aliphatic heterocycles. The first-order chi connectivity index (χ1) is 8.70. The van der Waals surface area contributed by atoms with Crippen molar-refractivity contribution in [3.63, 3.8) is 0 Å². The number of benzene rings is 2. The Morgan fingerprint density at radius 2 is 1.78 bits per heavy atom. The Kier molecular flexibility index (Phi) is 4.70. The molecule has 0 amide bonds. The number of halogens is 1. The van der Waals surface area contributed by atoms with Crippen LogP contribution < -0.4 is 5.73 Å². The van der Waals surface area contributed by atoms with Crippen LogP contribution in [0.5, 0.6) is 0 Å². The molecule has 2 aromatic rings. The summed E-state index contributed by atoms with van der Waals surface area (Å²) in [6.07, 6.45) is 0.955. The second-order valence-corrected chi connectivity index (χ2v) is 5.64. The van der Waals surface area contributed by atoms with Gasteiger partial charge >= 0.3 is 0 Å². The van der Waals surface area contributed by atoms with Crippen molar-refractivity contribution in [2.75, 3.05) is 0 Å². The molecule has 0 spiro atoms. The highest BCUT2D eigenvalue weighted by molar-refractivity contribution is 7.99. The van der Waals surface area contributed by atoms with Gasteiger partial charge < -0.3 is 5.73 Å². The summed E-state index contributed by atoms with van der Waals surface area (Å²) in [4.78, 5) is 2.25. The van der Waals surface area contributed by atoms with Gasteiger partial charge in [-0.25, -0.2) is 0 Å². The van der Waals surface area contributed by atoms with E-state index in [1.54, 1.807) is 11.8 Å². The Labute approximate surface area is 117 Å². The highest BCUT2D eigenvalue weighted by Gasteiger charge is 2.05. The van der Waals surface area contributed by atoms with Crippen LogP contribution in [0.1, 0.15) is 24.9 Å². The molecule has 1 atom stereocenters. The number of nitrogens with two attached hydrogens (primary N) is 1. The third-order valence-corrected chi connectivity index (χ3v) is 4.34. The van der Waals surface area contributed by atoms with Crippen LogP contribution in [0.3, 0.4) is 0 Å². The fourth-order valence-corrected chi connectivity index (χ4v) is 2.76. The summed E-state index contributed by atoms with van der Waals surface area (Å²) in [5, 5.41) is 0.789. The van der Waals surface area contributed by atoms with E-state index in [1.165, 1.54) is 10.5 Å². The molecule has 0 aliphatic rings. The van der Waals surface area contributed by atoms with Crippen molar-refractivity contribution in [1.82, 2.24) is 0 Å². The second-order valence-electron chi connectivity index (χ2n) is 4.12. The number of hydrogen-bond donors (Lipinski definition) is 1. The van der Waals surface area contributed by atoms with Gasteiger partial charge in [-0.3, -0.25) is 0 Å². The van der Waals surface area contributed by atoms with E-state index in [1.807, 2.05) is 24.3 Å². The second kappa shape index (κ2) is 6.28. The minimum absolute atomic E-state index is 0.129. The van der Waals surface area contributed by atoms with Gasteiger partial charge in [0.2, 0.25) is 0 Å². The van der Waals surface area contributed by atoms with Crippen LogP contribution in [0, 0.1) is 0 Å². The molecule has 18 heavy (non-hydrogen) atoms. The normalized spacial score (nSPS) is 12.4. The Bertz CT molecular complexity index is 510. The Hall–Kier alpha value is -0.960. The smallest absolute Gasteiger partial charge is 0.0545 e. The summed E-state index contributed by atoms with van der Waals surface area (Å²) in [6.45, 7) is 2.09. The Morgan fingerprint density at radius 3 is 2.39 bits per heavy atom. The van der Waals surface area contributed by atoms with Crippen molar-refractivity contribution >= 4 is 23.4 Å². The van der Waals surface area contributed by atoms with Crippen LogP contribution in [-0.2, 0) is 0 Å². The largest absolute Gasteiger partial charge is 0.324 e. The van der Waals surface area contributed by atoms with Gasteiger partial charge in [0.25, 0.3) is 0 Å². The molecular formula is C15H16ClNS. The maximum atomic E-state index is 6.14. The van der Waals surface area contributed by atoms with E-state index in [2.05, 4.69) is 31.2 Å². The van der Waals surface area contributed by atoms with E-state index >= 15 is 0 Å². The van der Waals surface area contributed by atoms with Gasteiger partial charge in [-0.2, -0.15) is 0 Å². The zero-order valence-electron chi connectivity index (χ0n) is 10.3. The van der Waals surface area contributed by atoms with Gasteiger partial charge in [0.1, 0.15) is 0 Å².